The van der Waals surface area contributed by atoms with Crippen LogP contribution < -0.4 is 5.32 Å². The molecule has 0 aliphatic heterocycles. The largest absolute Gasteiger partial charge is 0.313 e. The maximum Gasteiger partial charge on any atom is 0.0270 e. The van der Waals surface area contributed by atoms with Gasteiger partial charge in [-0.1, -0.05) is 40.0 Å². The minimum atomic E-state index is 0.441. The highest BCUT2D eigenvalue weighted by Gasteiger charge is 2.38. The molecule has 2 nitrogen and oxygen atoms in total. The van der Waals surface area contributed by atoms with E-state index < -0.39 is 0 Å². The molecule has 0 amide bonds. The van der Waals surface area contributed by atoms with Gasteiger partial charge in [0.1, 0.15) is 0 Å². The van der Waals surface area contributed by atoms with Crippen LogP contribution in [0, 0.1) is 5.41 Å². The summed E-state index contributed by atoms with van der Waals surface area (Å²) in [4.78, 5) is 4.14. The van der Waals surface area contributed by atoms with Gasteiger partial charge in [0.25, 0.3) is 0 Å². The predicted molar refractivity (Wildman–Crippen MR) is 81.3 cm³/mol. The Morgan fingerprint density at radius 1 is 1.21 bits per heavy atom. The average molecular weight is 260 g/mol. The predicted octanol–water partition coefficient (Wildman–Crippen LogP) is 4.13. The van der Waals surface area contributed by atoms with Crippen LogP contribution in [0.25, 0.3) is 0 Å². The van der Waals surface area contributed by atoms with E-state index >= 15 is 0 Å². The fourth-order valence-electron chi connectivity index (χ4n) is 3.78. The molecule has 0 bridgehead atoms. The van der Waals surface area contributed by atoms with E-state index in [1.54, 1.807) is 0 Å². The fraction of sp³-hybridized carbons (Fsp3) is 0.706. The summed E-state index contributed by atoms with van der Waals surface area (Å²) < 4.78 is 0. The van der Waals surface area contributed by atoms with Crippen LogP contribution in [-0.4, -0.2) is 17.6 Å². The van der Waals surface area contributed by atoms with Gasteiger partial charge in [-0.05, 0) is 48.4 Å². The summed E-state index contributed by atoms with van der Waals surface area (Å²) in [6, 6.07) is 4.91. The van der Waals surface area contributed by atoms with Gasteiger partial charge in [-0.15, -0.1) is 0 Å². The third-order valence-corrected chi connectivity index (χ3v) is 4.90. The molecule has 19 heavy (non-hydrogen) atoms. The van der Waals surface area contributed by atoms with Crippen molar-refractivity contribution in [3.05, 3.63) is 30.1 Å². The van der Waals surface area contributed by atoms with E-state index in [1.165, 1.54) is 37.7 Å². The van der Waals surface area contributed by atoms with Gasteiger partial charge in [0.15, 0.2) is 0 Å². The number of hydrogen-bond donors (Lipinski definition) is 1. The third-order valence-electron chi connectivity index (χ3n) is 4.90. The number of pyridine rings is 1. The quantitative estimate of drug-likeness (QED) is 0.861. The van der Waals surface area contributed by atoms with Crippen molar-refractivity contribution in [3.63, 3.8) is 0 Å². The molecular weight excluding hydrogens is 232 g/mol. The van der Waals surface area contributed by atoms with Crippen molar-refractivity contribution in [1.29, 1.82) is 0 Å². The third kappa shape index (κ3) is 3.36. The zero-order chi connectivity index (χ0) is 13.7. The van der Waals surface area contributed by atoms with E-state index in [4.69, 9.17) is 0 Å². The van der Waals surface area contributed by atoms with Crippen LogP contribution in [0.4, 0.5) is 0 Å². The second kappa shape index (κ2) is 6.51. The van der Waals surface area contributed by atoms with Crippen LogP contribution in [0.1, 0.15) is 64.4 Å². The maximum atomic E-state index is 4.14. The lowest BCUT2D eigenvalue weighted by atomic mass is 9.66. The molecule has 0 radical (unpaired) electrons. The first-order valence-corrected chi connectivity index (χ1v) is 7.80. The molecule has 0 aromatic carbocycles. The van der Waals surface area contributed by atoms with Crippen molar-refractivity contribution in [2.45, 2.75) is 64.8 Å². The topological polar surface area (TPSA) is 24.9 Å². The van der Waals surface area contributed by atoms with Gasteiger partial charge >= 0.3 is 0 Å². The fourth-order valence-corrected chi connectivity index (χ4v) is 3.78. The zero-order valence-electron chi connectivity index (χ0n) is 12.7. The van der Waals surface area contributed by atoms with Crippen LogP contribution in [0.3, 0.4) is 0 Å². The normalized spacial score (nSPS) is 21.8. The molecule has 1 saturated carbocycles. The lowest BCUT2D eigenvalue weighted by molar-refractivity contribution is 0.129. The molecule has 1 aliphatic rings. The first-order chi connectivity index (χ1) is 9.17. The lowest BCUT2D eigenvalue weighted by Crippen LogP contribution is -2.47. The van der Waals surface area contributed by atoms with Gasteiger partial charge in [-0.25, -0.2) is 0 Å². The molecule has 106 valence electrons. The lowest BCUT2D eigenvalue weighted by Gasteiger charge is -2.44. The zero-order valence-corrected chi connectivity index (χ0v) is 12.7. The number of hydrogen-bond acceptors (Lipinski definition) is 2. The van der Waals surface area contributed by atoms with Crippen LogP contribution in [0.15, 0.2) is 24.5 Å². The molecule has 1 heterocycles. The Hall–Kier alpha value is -0.890. The molecule has 2 atom stereocenters. The van der Waals surface area contributed by atoms with Crippen LogP contribution >= 0.6 is 0 Å². The SMILES string of the molecule is CCNC(C(C)c1ccncc1)C1(C)CCCCC1. The maximum absolute atomic E-state index is 4.14. The summed E-state index contributed by atoms with van der Waals surface area (Å²) in [5.41, 5.74) is 1.85. The second-order valence-electron chi connectivity index (χ2n) is 6.32. The Morgan fingerprint density at radius 3 is 2.42 bits per heavy atom. The van der Waals surface area contributed by atoms with Crippen LogP contribution in [0.2, 0.25) is 0 Å². The molecule has 1 aromatic rings. The van der Waals surface area contributed by atoms with Crippen molar-refractivity contribution < 1.29 is 0 Å². The van der Waals surface area contributed by atoms with Crippen molar-refractivity contribution in [2.75, 3.05) is 6.54 Å². The summed E-state index contributed by atoms with van der Waals surface area (Å²) in [7, 11) is 0. The molecule has 0 spiro atoms. The van der Waals surface area contributed by atoms with Crippen molar-refractivity contribution >= 4 is 0 Å². The van der Waals surface area contributed by atoms with Gasteiger partial charge in [0.05, 0.1) is 0 Å². The summed E-state index contributed by atoms with van der Waals surface area (Å²) in [5, 5.41) is 3.77. The van der Waals surface area contributed by atoms with Crippen LogP contribution in [-0.2, 0) is 0 Å². The number of nitrogens with zero attached hydrogens (tertiary/aromatic N) is 1. The number of rotatable bonds is 5. The van der Waals surface area contributed by atoms with Crippen molar-refractivity contribution in [1.82, 2.24) is 10.3 Å². The van der Waals surface area contributed by atoms with E-state index in [-0.39, 0.29) is 0 Å². The number of aromatic nitrogens is 1. The molecular formula is C17H28N2. The Balaban J connectivity index is 2.19. The number of nitrogens with one attached hydrogen (secondary N) is 1. The van der Waals surface area contributed by atoms with Crippen molar-refractivity contribution in [3.8, 4) is 0 Å². The highest BCUT2D eigenvalue weighted by molar-refractivity contribution is 5.18. The molecule has 2 rings (SSSR count). The summed E-state index contributed by atoms with van der Waals surface area (Å²) in [6.45, 7) is 8.12. The Bertz CT molecular complexity index is 368. The molecule has 1 aromatic heterocycles. The Morgan fingerprint density at radius 2 is 1.84 bits per heavy atom. The highest BCUT2D eigenvalue weighted by atomic mass is 14.9. The van der Waals surface area contributed by atoms with Gasteiger partial charge in [-0.3, -0.25) is 4.98 Å². The Labute approximate surface area is 118 Å². The summed E-state index contributed by atoms with van der Waals surface area (Å²) in [5.74, 6) is 0.547. The smallest absolute Gasteiger partial charge is 0.0270 e. The molecule has 0 saturated heterocycles. The van der Waals surface area contributed by atoms with Gasteiger partial charge in [-0.2, -0.15) is 0 Å². The molecule has 1 N–H and O–H groups in total. The van der Waals surface area contributed by atoms with E-state index in [9.17, 15) is 0 Å². The molecule has 1 aliphatic carbocycles. The first-order valence-electron chi connectivity index (χ1n) is 7.80. The second-order valence-corrected chi connectivity index (χ2v) is 6.32. The number of likely N-dealkylation sites (N-methyl/N-ethyl adjacent to an activating group) is 1. The monoisotopic (exact) mass is 260 g/mol. The highest BCUT2D eigenvalue weighted by Crippen LogP contribution is 2.43. The van der Waals surface area contributed by atoms with E-state index in [2.05, 4.69) is 43.2 Å². The van der Waals surface area contributed by atoms with E-state index in [0.29, 0.717) is 17.4 Å². The van der Waals surface area contributed by atoms with Gasteiger partial charge in [0, 0.05) is 18.4 Å². The van der Waals surface area contributed by atoms with Gasteiger partial charge < -0.3 is 5.32 Å². The standard InChI is InChI=1S/C17H28N2/c1-4-19-16(17(3)10-6-5-7-11-17)14(2)15-8-12-18-13-9-15/h8-9,12-14,16,19H,4-7,10-11H2,1-3H3. The molecule has 1 fully saturated rings. The van der Waals surface area contributed by atoms with Gasteiger partial charge in [0.2, 0.25) is 0 Å². The van der Waals surface area contributed by atoms with E-state index in [0.717, 1.165) is 6.54 Å². The molecule has 2 unspecified atom stereocenters. The Kier molecular flexibility index (Phi) is 4.98. The average Bonchev–Trinajstić information content (AvgIpc) is 2.45. The van der Waals surface area contributed by atoms with Crippen molar-refractivity contribution in [2.24, 2.45) is 5.41 Å². The minimum absolute atomic E-state index is 0.441. The summed E-state index contributed by atoms with van der Waals surface area (Å²) in [6.07, 6.45) is 10.7. The minimum Gasteiger partial charge on any atom is -0.313 e. The van der Waals surface area contributed by atoms with Crippen LogP contribution in [0.5, 0.6) is 0 Å². The first kappa shape index (κ1) is 14.5. The molecule has 2 heteroatoms. The summed E-state index contributed by atoms with van der Waals surface area (Å²) >= 11 is 0. The van der Waals surface area contributed by atoms with E-state index in [1.807, 2.05) is 12.4 Å².